The normalized spacial score (nSPS) is 11.2. The first-order chi connectivity index (χ1) is 10.1. The molecule has 0 unspecified atom stereocenters. The number of nitrogens with zero attached hydrogens (tertiary/aromatic N) is 4. The van der Waals surface area contributed by atoms with Crippen molar-refractivity contribution >= 4 is 5.69 Å². The number of benzene rings is 1. The zero-order valence-corrected chi connectivity index (χ0v) is 12.9. The van der Waals surface area contributed by atoms with Gasteiger partial charge in [-0.1, -0.05) is 26.0 Å². The Balaban J connectivity index is 2.00. The van der Waals surface area contributed by atoms with Gasteiger partial charge >= 0.3 is 0 Å². The van der Waals surface area contributed by atoms with Crippen LogP contribution in [-0.2, 0) is 11.3 Å². The Morgan fingerprint density at radius 1 is 1.29 bits per heavy atom. The molecule has 0 atom stereocenters. The molecule has 0 bridgehead atoms. The van der Waals surface area contributed by atoms with Crippen LogP contribution >= 0.6 is 0 Å². The number of aromatic nitrogens is 4. The second-order valence-corrected chi connectivity index (χ2v) is 5.56. The second kappa shape index (κ2) is 7.17. The summed E-state index contributed by atoms with van der Waals surface area (Å²) in [5.74, 6) is 1.34. The van der Waals surface area contributed by atoms with E-state index in [1.54, 1.807) is 4.68 Å². The SMILES string of the molecule is Cc1cccc(-c2nnnn2CCOCCC(C)C)c1N. The van der Waals surface area contributed by atoms with Gasteiger partial charge in [-0.3, -0.25) is 0 Å². The molecule has 0 aliphatic heterocycles. The van der Waals surface area contributed by atoms with E-state index in [1.807, 2.05) is 25.1 Å². The lowest BCUT2D eigenvalue weighted by molar-refractivity contribution is 0.114. The summed E-state index contributed by atoms with van der Waals surface area (Å²) in [6, 6.07) is 5.87. The minimum atomic E-state index is 0.594. The highest BCUT2D eigenvalue weighted by molar-refractivity contribution is 5.73. The van der Waals surface area contributed by atoms with E-state index in [0.717, 1.165) is 24.2 Å². The van der Waals surface area contributed by atoms with Gasteiger partial charge in [0.2, 0.25) is 0 Å². The Bertz CT molecular complexity index is 579. The third kappa shape index (κ3) is 4.01. The van der Waals surface area contributed by atoms with Gasteiger partial charge in [-0.15, -0.1) is 5.10 Å². The maximum absolute atomic E-state index is 6.11. The lowest BCUT2D eigenvalue weighted by Crippen LogP contribution is -2.11. The molecular formula is C15H23N5O. The Labute approximate surface area is 125 Å². The minimum absolute atomic E-state index is 0.594. The summed E-state index contributed by atoms with van der Waals surface area (Å²) in [6.07, 6.45) is 1.06. The largest absolute Gasteiger partial charge is 0.398 e. The number of para-hydroxylation sites is 1. The molecule has 1 heterocycles. The summed E-state index contributed by atoms with van der Waals surface area (Å²) in [5, 5.41) is 11.8. The van der Waals surface area contributed by atoms with Gasteiger partial charge in [0, 0.05) is 17.9 Å². The number of aryl methyl sites for hydroxylation is 1. The number of hydrogen-bond acceptors (Lipinski definition) is 5. The zero-order chi connectivity index (χ0) is 15.2. The van der Waals surface area contributed by atoms with E-state index in [2.05, 4.69) is 29.4 Å². The zero-order valence-electron chi connectivity index (χ0n) is 12.9. The van der Waals surface area contributed by atoms with Crippen molar-refractivity contribution in [2.75, 3.05) is 18.9 Å². The maximum atomic E-state index is 6.11. The molecule has 0 aliphatic rings. The first-order valence-corrected chi connectivity index (χ1v) is 7.29. The molecule has 0 saturated heterocycles. The van der Waals surface area contributed by atoms with Gasteiger partial charge in [-0.25, -0.2) is 4.68 Å². The maximum Gasteiger partial charge on any atom is 0.184 e. The predicted molar refractivity (Wildman–Crippen MR) is 82.7 cm³/mol. The van der Waals surface area contributed by atoms with Crippen LogP contribution < -0.4 is 5.73 Å². The standard InChI is InChI=1S/C15H23N5O/c1-11(2)7-9-21-10-8-20-15(17-18-19-20)13-6-4-5-12(3)14(13)16/h4-6,11H,7-10,16H2,1-3H3. The molecule has 0 saturated carbocycles. The van der Waals surface area contributed by atoms with Crippen LogP contribution in [0.3, 0.4) is 0 Å². The third-order valence-corrected chi connectivity index (χ3v) is 3.38. The summed E-state index contributed by atoms with van der Waals surface area (Å²) in [6.45, 7) is 8.32. The van der Waals surface area contributed by atoms with Crippen LogP contribution in [0.4, 0.5) is 5.69 Å². The number of nitrogen functional groups attached to an aromatic ring is 1. The van der Waals surface area contributed by atoms with Crippen LogP contribution in [0.2, 0.25) is 0 Å². The summed E-state index contributed by atoms with van der Waals surface area (Å²) in [7, 11) is 0. The Kier molecular flexibility index (Phi) is 5.27. The fourth-order valence-electron chi connectivity index (χ4n) is 2.00. The van der Waals surface area contributed by atoms with Gasteiger partial charge in [0.25, 0.3) is 0 Å². The number of anilines is 1. The predicted octanol–water partition coefficient (Wildman–Crippen LogP) is 2.29. The van der Waals surface area contributed by atoms with Gasteiger partial charge in [-0.2, -0.15) is 0 Å². The molecule has 0 spiro atoms. The molecule has 1 aromatic heterocycles. The van der Waals surface area contributed by atoms with E-state index in [-0.39, 0.29) is 0 Å². The first kappa shape index (κ1) is 15.4. The van der Waals surface area contributed by atoms with Crippen molar-refractivity contribution in [3.8, 4) is 11.4 Å². The van der Waals surface area contributed by atoms with E-state index in [4.69, 9.17) is 10.5 Å². The molecule has 0 radical (unpaired) electrons. The molecule has 2 aromatic rings. The fraction of sp³-hybridized carbons (Fsp3) is 0.533. The van der Waals surface area contributed by atoms with Crippen molar-refractivity contribution in [3.63, 3.8) is 0 Å². The van der Waals surface area contributed by atoms with E-state index < -0.39 is 0 Å². The molecule has 114 valence electrons. The first-order valence-electron chi connectivity index (χ1n) is 7.29. The van der Waals surface area contributed by atoms with Gasteiger partial charge in [0.05, 0.1) is 13.2 Å². The second-order valence-electron chi connectivity index (χ2n) is 5.56. The van der Waals surface area contributed by atoms with E-state index in [9.17, 15) is 0 Å². The van der Waals surface area contributed by atoms with Crippen LogP contribution in [0.1, 0.15) is 25.8 Å². The molecule has 0 aliphatic carbocycles. The summed E-state index contributed by atoms with van der Waals surface area (Å²) in [4.78, 5) is 0. The van der Waals surface area contributed by atoms with E-state index in [1.165, 1.54) is 0 Å². The van der Waals surface area contributed by atoms with Gasteiger partial charge in [0.1, 0.15) is 0 Å². The lowest BCUT2D eigenvalue weighted by Gasteiger charge is -2.09. The molecule has 0 fully saturated rings. The molecular weight excluding hydrogens is 266 g/mol. The Morgan fingerprint density at radius 3 is 2.86 bits per heavy atom. The van der Waals surface area contributed by atoms with Crippen LogP contribution in [0.25, 0.3) is 11.4 Å². The molecule has 21 heavy (non-hydrogen) atoms. The molecule has 6 nitrogen and oxygen atoms in total. The van der Waals surface area contributed by atoms with Gasteiger partial charge in [-0.05, 0) is 41.3 Å². The van der Waals surface area contributed by atoms with E-state index >= 15 is 0 Å². The van der Waals surface area contributed by atoms with Crippen molar-refractivity contribution in [3.05, 3.63) is 23.8 Å². The fourth-order valence-corrected chi connectivity index (χ4v) is 2.00. The minimum Gasteiger partial charge on any atom is -0.398 e. The smallest absolute Gasteiger partial charge is 0.184 e. The van der Waals surface area contributed by atoms with Crippen molar-refractivity contribution in [1.29, 1.82) is 0 Å². The molecule has 2 N–H and O–H groups in total. The van der Waals surface area contributed by atoms with Crippen molar-refractivity contribution in [2.24, 2.45) is 5.92 Å². The highest BCUT2D eigenvalue weighted by Crippen LogP contribution is 2.25. The van der Waals surface area contributed by atoms with Crippen LogP contribution in [0, 0.1) is 12.8 Å². The number of ether oxygens (including phenoxy) is 1. The van der Waals surface area contributed by atoms with Gasteiger partial charge < -0.3 is 10.5 Å². The van der Waals surface area contributed by atoms with Crippen molar-refractivity contribution < 1.29 is 4.74 Å². The van der Waals surface area contributed by atoms with Crippen LogP contribution in [-0.4, -0.2) is 33.4 Å². The summed E-state index contributed by atoms with van der Waals surface area (Å²) < 4.78 is 7.35. The highest BCUT2D eigenvalue weighted by Gasteiger charge is 2.12. The molecule has 1 aromatic carbocycles. The van der Waals surface area contributed by atoms with Crippen molar-refractivity contribution in [1.82, 2.24) is 20.2 Å². The van der Waals surface area contributed by atoms with Crippen LogP contribution in [0.15, 0.2) is 18.2 Å². The number of nitrogens with two attached hydrogens (primary N) is 1. The van der Waals surface area contributed by atoms with E-state index in [0.29, 0.717) is 30.6 Å². The topological polar surface area (TPSA) is 78.8 Å². The Hall–Kier alpha value is -1.95. The van der Waals surface area contributed by atoms with Crippen LogP contribution in [0.5, 0.6) is 0 Å². The average molecular weight is 289 g/mol. The summed E-state index contributed by atoms with van der Waals surface area (Å²) >= 11 is 0. The Morgan fingerprint density at radius 2 is 2.10 bits per heavy atom. The quantitative estimate of drug-likeness (QED) is 0.625. The summed E-state index contributed by atoms with van der Waals surface area (Å²) in [5.41, 5.74) is 8.72. The number of rotatable bonds is 7. The highest BCUT2D eigenvalue weighted by atomic mass is 16.5. The number of tetrazole rings is 1. The number of hydrogen-bond donors (Lipinski definition) is 1. The third-order valence-electron chi connectivity index (χ3n) is 3.38. The van der Waals surface area contributed by atoms with Crippen molar-refractivity contribution in [2.45, 2.75) is 33.7 Å². The average Bonchev–Trinajstić information content (AvgIpc) is 2.89. The van der Waals surface area contributed by atoms with Gasteiger partial charge in [0.15, 0.2) is 5.82 Å². The monoisotopic (exact) mass is 289 g/mol. The molecule has 6 heteroatoms. The lowest BCUT2D eigenvalue weighted by atomic mass is 10.1. The molecule has 0 amide bonds. The molecule has 2 rings (SSSR count).